The topological polar surface area (TPSA) is 71.8 Å². The van der Waals surface area contributed by atoms with E-state index in [1.54, 1.807) is 18.5 Å². The molecule has 0 spiro atoms. The third-order valence-corrected chi connectivity index (χ3v) is 2.20. The molecule has 15 heavy (non-hydrogen) atoms. The number of rotatable bonds is 2. The highest BCUT2D eigenvalue weighted by molar-refractivity contribution is 5.57. The van der Waals surface area contributed by atoms with Crippen LogP contribution < -0.4 is 11.3 Å². The van der Waals surface area contributed by atoms with Crippen LogP contribution in [-0.4, -0.2) is 9.97 Å². The molecule has 0 atom stereocenters. The van der Waals surface area contributed by atoms with Gasteiger partial charge >= 0.3 is 0 Å². The van der Waals surface area contributed by atoms with Gasteiger partial charge in [-0.25, -0.2) is 0 Å². The Bertz CT molecular complexity index is 505. The Kier molecular flexibility index (Phi) is 2.60. The molecule has 0 amide bonds. The Morgan fingerprint density at radius 3 is 2.53 bits per heavy atom. The minimum atomic E-state index is -0.133. The summed E-state index contributed by atoms with van der Waals surface area (Å²) in [6.07, 6.45) is 3.37. The lowest BCUT2D eigenvalue weighted by molar-refractivity contribution is 1.02. The summed E-state index contributed by atoms with van der Waals surface area (Å²) >= 11 is 0. The summed E-state index contributed by atoms with van der Waals surface area (Å²) in [6, 6.07) is 7.27. The van der Waals surface area contributed by atoms with Gasteiger partial charge in [-0.3, -0.25) is 9.78 Å². The Morgan fingerprint density at radius 1 is 1.20 bits per heavy atom. The molecule has 0 aliphatic carbocycles. The maximum Gasteiger partial charge on any atom is 0.252 e. The molecular weight excluding hydrogens is 190 g/mol. The second kappa shape index (κ2) is 4.06. The number of nitrogens with zero attached hydrogens (tertiary/aromatic N) is 1. The first-order chi connectivity index (χ1) is 7.31. The highest BCUT2D eigenvalue weighted by Crippen LogP contribution is 2.13. The quantitative estimate of drug-likeness (QED) is 0.758. The zero-order valence-electron chi connectivity index (χ0n) is 8.10. The number of hydrogen-bond acceptors (Lipinski definition) is 3. The highest BCUT2D eigenvalue weighted by Gasteiger charge is 2.00. The van der Waals surface area contributed by atoms with Crippen molar-refractivity contribution in [2.24, 2.45) is 5.73 Å². The van der Waals surface area contributed by atoms with Crippen LogP contribution in [0, 0.1) is 0 Å². The lowest BCUT2D eigenvalue weighted by atomic mass is 10.1. The van der Waals surface area contributed by atoms with Crippen LogP contribution in [-0.2, 0) is 6.54 Å². The van der Waals surface area contributed by atoms with Crippen LogP contribution in [0.1, 0.15) is 5.56 Å². The molecule has 2 heterocycles. The lowest BCUT2D eigenvalue weighted by Crippen LogP contribution is -2.15. The second-order valence-corrected chi connectivity index (χ2v) is 3.17. The zero-order chi connectivity index (χ0) is 10.7. The van der Waals surface area contributed by atoms with E-state index in [-0.39, 0.29) is 12.1 Å². The fourth-order valence-electron chi connectivity index (χ4n) is 1.36. The number of aromatic nitrogens is 2. The van der Waals surface area contributed by atoms with E-state index in [0.29, 0.717) is 5.56 Å². The number of nitrogens with one attached hydrogen (secondary N) is 1. The van der Waals surface area contributed by atoms with E-state index in [0.717, 1.165) is 11.3 Å². The van der Waals surface area contributed by atoms with Gasteiger partial charge in [-0.1, -0.05) is 6.07 Å². The molecule has 0 unspecified atom stereocenters. The summed E-state index contributed by atoms with van der Waals surface area (Å²) in [5.74, 6) is 0. The standard InChI is InChI=1S/C11H11N3O/c12-7-9-1-2-10(14-11(9)15)8-3-5-13-6-4-8/h1-6H,7,12H2,(H,14,15). The van der Waals surface area contributed by atoms with E-state index in [4.69, 9.17) is 5.73 Å². The second-order valence-electron chi connectivity index (χ2n) is 3.17. The molecule has 0 aromatic carbocycles. The number of H-pyrrole nitrogens is 1. The average molecular weight is 201 g/mol. The van der Waals surface area contributed by atoms with Crippen molar-refractivity contribution in [3.8, 4) is 11.3 Å². The van der Waals surface area contributed by atoms with Crippen LogP contribution in [0.2, 0.25) is 0 Å². The Hall–Kier alpha value is -1.94. The fraction of sp³-hybridized carbons (Fsp3) is 0.0909. The fourth-order valence-corrected chi connectivity index (χ4v) is 1.36. The first-order valence-electron chi connectivity index (χ1n) is 4.64. The minimum Gasteiger partial charge on any atom is -0.326 e. The SMILES string of the molecule is NCc1ccc(-c2ccncc2)[nH]c1=O. The van der Waals surface area contributed by atoms with Crippen molar-refractivity contribution in [1.82, 2.24) is 9.97 Å². The van der Waals surface area contributed by atoms with Crippen LogP contribution in [0.3, 0.4) is 0 Å². The van der Waals surface area contributed by atoms with Crippen LogP contribution in [0.25, 0.3) is 11.3 Å². The van der Waals surface area contributed by atoms with Crippen LogP contribution in [0.4, 0.5) is 0 Å². The maximum atomic E-state index is 11.5. The molecule has 0 saturated carbocycles. The van der Waals surface area contributed by atoms with E-state index in [1.165, 1.54) is 0 Å². The van der Waals surface area contributed by atoms with Gasteiger partial charge in [-0.15, -0.1) is 0 Å². The van der Waals surface area contributed by atoms with Gasteiger partial charge in [0.25, 0.3) is 5.56 Å². The molecule has 3 N–H and O–H groups in total. The predicted octanol–water partition coefficient (Wildman–Crippen LogP) is 0.896. The van der Waals surface area contributed by atoms with E-state index >= 15 is 0 Å². The van der Waals surface area contributed by atoms with Crippen molar-refractivity contribution in [3.63, 3.8) is 0 Å². The summed E-state index contributed by atoms with van der Waals surface area (Å²) in [5, 5.41) is 0. The zero-order valence-corrected chi connectivity index (χ0v) is 8.10. The molecule has 0 aliphatic rings. The van der Waals surface area contributed by atoms with Gasteiger partial charge in [-0.2, -0.15) is 0 Å². The van der Waals surface area contributed by atoms with Gasteiger partial charge in [0.05, 0.1) is 0 Å². The lowest BCUT2D eigenvalue weighted by Gasteiger charge is -2.01. The van der Waals surface area contributed by atoms with Crippen molar-refractivity contribution < 1.29 is 0 Å². The number of hydrogen-bond donors (Lipinski definition) is 2. The molecule has 2 aromatic rings. The number of pyridine rings is 2. The average Bonchev–Trinajstić information content (AvgIpc) is 2.30. The summed E-state index contributed by atoms with van der Waals surface area (Å²) in [4.78, 5) is 18.2. The van der Waals surface area contributed by atoms with Crippen LogP contribution in [0.15, 0.2) is 41.5 Å². The molecule has 4 nitrogen and oxygen atoms in total. The van der Waals surface area contributed by atoms with E-state index in [9.17, 15) is 4.79 Å². The predicted molar refractivity (Wildman–Crippen MR) is 58.2 cm³/mol. The molecule has 0 fully saturated rings. The molecule has 2 rings (SSSR count). The monoisotopic (exact) mass is 201 g/mol. The third-order valence-electron chi connectivity index (χ3n) is 2.20. The molecule has 0 saturated heterocycles. The van der Waals surface area contributed by atoms with Gasteiger partial charge in [0.2, 0.25) is 0 Å². The van der Waals surface area contributed by atoms with Crippen molar-refractivity contribution in [2.75, 3.05) is 0 Å². The van der Waals surface area contributed by atoms with Gasteiger partial charge in [0, 0.05) is 35.8 Å². The van der Waals surface area contributed by atoms with E-state index in [2.05, 4.69) is 9.97 Å². The molecule has 0 aliphatic heterocycles. The molecule has 0 bridgehead atoms. The van der Waals surface area contributed by atoms with Crippen molar-refractivity contribution in [2.45, 2.75) is 6.54 Å². The molecule has 2 aromatic heterocycles. The van der Waals surface area contributed by atoms with Crippen LogP contribution in [0.5, 0.6) is 0 Å². The Labute approximate surface area is 86.8 Å². The summed E-state index contributed by atoms with van der Waals surface area (Å²) < 4.78 is 0. The van der Waals surface area contributed by atoms with Gasteiger partial charge in [0.1, 0.15) is 0 Å². The number of nitrogens with two attached hydrogens (primary N) is 1. The van der Waals surface area contributed by atoms with Crippen LogP contribution >= 0.6 is 0 Å². The molecular formula is C11H11N3O. The van der Waals surface area contributed by atoms with Gasteiger partial charge < -0.3 is 10.7 Å². The van der Waals surface area contributed by atoms with Crippen molar-refractivity contribution >= 4 is 0 Å². The maximum absolute atomic E-state index is 11.5. The highest BCUT2D eigenvalue weighted by atomic mass is 16.1. The first kappa shape index (κ1) is 9.61. The first-order valence-corrected chi connectivity index (χ1v) is 4.64. The Morgan fingerprint density at radius 2 is 1.93 bits per heavy atom. The summed E-state index contributed by atoms with van der Waals surface area (Å²) in [7, 11) is 0. The summed E-state index contributed by atoms with van der Waals surface area (Å²) in [5.41, 5.74) is 7.58. The molecule has 0 radical (unpaired) electrons. The minimum absolute atomic E-state index is 0.133. The third kappa shape index (κ3) is 1.94. The smallest absolute Gasteiger partial charge is 0.252 e. The molecule has 4 heteroatoms. The van der Waals surface area contributed by atoms with E-state index in [1.807, 2.05) is 18.2 Å². The van der Waals surface area contributed by atoms with Crippen molar-refractivity contribution in [3.05, 3.63) is 52.6 Å². The normalized spacial score (nSPS) is 10.2. The number of aromatic amines is 1. The largest absolute Gasteiger partial charge is 0.326 e. The molecule has 76 valence electrons. The Balaban J connectivity index is 2.48. The summed E-state index contributed by atoms with van der Waals surface area (Å²) in [6.45, 7) is 0.256. The van der Waals surface area contributed by atoms with E-state index < -0.39 is 0 Å². The van der Waals surface area contributed by atoms with Gasteiger partial charge in [-0.05, 0) is 18.2 Å². The van der Waals surface area contributed by atoms with Gasteiger partial charge in [0.15, 0.2) is 0 Å². The van der Waals surface area contributed by atoms with Crippen molar-refractivity contribution in [1.29, 1.82) is 0 Å².